The van der Waals surface area contributed by atoms with Crippen molar-refractivity contribution < 1.29 is 5.11 Å². The molecule has 0 aliphatic carbocycles. The first-order valence-corrected chi connectivity index (χ1v) is 10.1. The van der Waals surface area contributed by atoms with Gasteiger partial charge >= 0.3 is 0 Å². The van der Waals surface area contributed by atoms with Crippen LogP contribution in [0.1, 0.15) is 31.7 Å². The zero-order chi connectivity index (χ0) is 17.5. The first-order valence-electron chi connectivity index (χ1n) is 10.1. The van der Waals surface area contributed by atoms with Crippen LogP contribution < -0.4 is 5.32 Å². The second-order valence-corrected chi connectivity index (χ2v) is 8.07. The standard InChI is InChI=1S/C21H35N3O/c1-18-7-11-24(12-8-18)17-21(25)15-22-20-10-14-23(16-20)13-9-19-5-3-2-4-6-19/h2-6,18,20-22,25H,7-17H2,1H3. The molecule has 0 amide bonds. The summed E-state index contributed by atoms with van der Waals surface area (Å²) in [6.45, 7) is 9.60. The summed E-state index contributed by atoms with van der Waals surface area (Å²) < 4.78 is 0. The van der Waals surface area contributed by atoms with Gasteiger partial charge in [0, 0.05) is 32.2 Å². The summed E-state index contributed by atoms with van der Waals surface area (Å²) in [4.78, 5) is 4.97. The Balaban J connectivity index is 1.29. The van der Waals surface area contributed by atoms with E-state index < -0.39 is 0 Å². The van der Waals surface area contributed by atoms with E-state index in [1.54, 1.807) is 0 Å². The number of nitrogens with zero attached hydrogens (tertiary/aromatic N) is 2. The van der Waals surface area contributed by atoms with Gasteiger partial charge in [-0.3, -0.25) is 0 Å². The van der Waals surface area contributed by atoms with Crippen LogP contribution in [0.3, 0.4) is 0 Å². The van der Waals surface area contributed by atoms with Gasteiger partial charge < -0.3 is 20.2 Å². The lowest BCUT2D eigenvalue weighted by Crippen LogP contribution is -2.44. The van der Waals surface area contributed by atoms with Crippen molar-refractivity contribution in [3.8, 4) is 0 Å². The molecule has 1 aromatic carbocycles. The van der Waals surface area contributed by atoms with Gasteiger partial charge in [0.25, 0.3) is 0 Å². The molecule has 2 atom stereocenters. The highest BCUT2D eigenvalue weighted by atomic mass is 16.3. The van der Waals surface area contributed by atoms with Crippen molar-refractivity contribution >= 4 is 0 Å². The van der Waals surface area contributed by atoms with E-state index in [9.17, 15) is 5.11 Å². The fourth-order valence-corrected chi connectivity index (χ4v) is 4.04. The van der Waals surface area contributed by atoms with Crippen molar-refractivity contribution in [3.63, 3.8) is 0 Å². The van der Waals surface area contributed by atoms with E-state index in [0.717, 1.165) is 51.6 Å². The molecular weight excluding hydrogens is 310 g/mol. The van der Waals surface area contributed by atoms with Gasteiger partial charge in [0.05, 0.1) is 6.10 Å². The summed E-state index contributed by atoms with van der Waals surface area (Å²) in [7, 11) is 0. The van der Waals surface area contributed by atoms with Crippen LogP contribution >= 0.6 is 0 Å². The summed E-state index contributed by atoms with van der Waals surface area (Å²) >= 11 is 0. The zero-order valence-corrected chi connectivity index (χ0v) is 15.7. The van der Waals surface area contributed by atoms with Crippen molar-refractivity contribution in [2.45, 2.75) is 44.8 Å². The Morgan fingerprint density at radius 3 is 2.56 bits per heavy atom. The van der Waals surface area contributed by atoms with Gasteiger partial charge in [-0.2, -0.15) is 0 Å². The maximum Gasteiger partial charge on any atom is 0.0791 e. The first-order chi connectivity index (χ1) is 12.2. The van der Waals surface area contributed by atoms with Gasteiger partial charge in [0.2, 0.25) is 0 Å². The van der Waals surface area contributed by atoms with E-state index in [-0.39, 0.29) is 6.10 Å². The highest BCUT2D eigenvalue weighted by Gasteiger charge is 2.23. The van der Waals surface area contributed by atoms with E-state index in [0.29, 0.717) is 6.04 Å². The number of benzene rings is 1. The molecule has 1 aromatic rings. The second kappa shape index (κ2) is 9.67. The summed E-state index contributed by atoms with van der Waals surface area (Å²) in [6, 6.07) is 11.3. The summed E-state index contributed by atoms with van der Waals surface area (Å²) in [5, 5.41) is 13.9. The van der Waals surface area contributed by atoms with Crippen LogP contribution in [-0.4, -0.2) is 72.9 Å². The Morgan fingerprint density at radius 2 is 1.80 bits per heavy atom. The van der Waals surface area contributed by atoms with Crippen molar-refractivity contribution in [2.75, 3.05) is 45.8 Å². The molecule has 0 radical (unpaired) electrons. The molecular formula is C21H35N3O. The van der Waals surface area contributed by atoms with Gasteiger partial charge in [-0.05, 0) is 56.8 Å². The SMILES string of the molecule is CC1CCN(CC(O)CNC2CCN(CCc3ccccc3)C2)CC1. The number of hydrogen-bond acceptors (Lipinski definition) is 4. The predicted molar refractivity (Wildman–Crippen MR) is 104 cm³/mol. The fraction of sp³-hybridized carbons (Fsp3) is 0.714. The fourth-order valence-electron chi connectivity index (χ4n) is 4.04. The van der Waals surface area contributed by atoms with Gasteiger partial charge in [0.1, 0.15) is 0 Å². The van der Waals surface area contributed by atoms with Gasteiger partial charge in [-0.15, -0.1) is 0 Å². The van der Waals surface area contributed by atoms with Gasteiger partial charge in [0.15, 0.2) is 0 Å². The molecule has 2 fully saturated rings. The third-order valence-corrected chi connectivity index (χ3v) is 5.82. The Bertz CT molecular complexity index is 487. The number of aliphatic hydroxyl groups is 1. The maximum absolute atomic E-state index is 10.3. The molecule has 4 nitrogen and oxygen atoms in total. The highest BCUT2D eigenvalue weighted by Crippen LogP contribution is 2.16. The van der Waals surface area contributed by atoms with Crippen LogP contribution in [0.2, 0.25) is 0 Å². The lowest BCUT2D eigenvalue weighted by Gasteiger charge is -2.32. The molecule has 140 valence electrons. The van der Waals surface area contributed by atoms with E-state index >= 15 is 0 Å². The monoisotopic (exact) mass is 345 g/mol. The Hall–Kier alpha value is -0.940. The van der Waals surface area contributed by atoms with Crippen molar-refractivity contribution in [3.05, 3.63) is 35.9 Å². The van der Waals surface area contributed by atoms with Crippen LogP contribution in [0.5, 0.6) is 0 Å². The lowest BCUT2D eigenvalue weighted by molar-refractivity contribution is 0.0889. The predicted octanol–water partition coefficient (Wildman–Crippen LogP) is 1.99. The molecule has 2 unspecified atom stereocenters. The number of rotatable bonds is 8. The van der Waals surface area contributed by atoms with Gasteiger partial charge in [-0.1, -0.05) is 37.3 Å². The number of nitrogens with one attached hydrogen (secondary N) is 1. The topological polar surface area (TPSA) is 38.7 Å². The lowest BCUT2D eigenvalue weighted by atomic mass is 9.99. The van der Waals surface area contributed by atoms with Crippen molar-refractivity contribution in [1.29, 1.82) is 0 Å². The Labute approximate surface area is 153 Å². The number of β-amino-alcohol motifs (C(OH)–C–C–N with tert-alkyl or cyclic N) is 1. The number of hydrogen-bond donors (Lipinski definition) is 2. The third-order valence-electron chi connectivity index (χ3n) is 5.82. The van der Waals surface area contributed by atoms with E-state index in [1.807, 2.05) is 0 Å². The zero-order valence-electron chi connectivity index (χ0n) is 15.7. The van der Waals surface area contributed by atoms with Crippen LogP contribution in [0.25, 0.3) is 0 Å². The minimum atomic E-state index is -0.244. The molecule has 0 spiro atoms. The Kier molecular flexibility index (Phi) is 7.29. The van der Waals surface area contributed by atoms with E-state index in [2.05, 4.69) is 52.4 Å². The first kappa shape index (κ1) is 18.8. The minimum absolute atomic E-state index is 0.244. The van der Waals surface area contributed by atoms with Crippen LogP contribution in [0.15, 0.2) is 30.3 Å². The summed E-state index contributed by atoms with van der Waals surface area (Å²) in [6.07, 6.45) is 4.64. The molecule has 25 heavy (non-hydrogen) atoms. The minimum Gasteiger partial charge on any atom is -0.390 e. The highest BCUT2D eigenvalue weighted by molar-refractivity contribution is 5.14. The number of piperidine rings is 1. The normalized spacial score (nSPS) is 24.6. The van der Waals surface area contributed by atoms with Gasteiger partial charge in [-0.25, -0.2) is 0 Å². The van der Waals surface area contributed by atoms with Crippen LogP contribution in [0, 0.1) is 5.92 Å². The molecule has 4 heteroatoms. The van der Waals surface area contributed by atoms with Crippen LogP contribution in [-0.2, 0) is 6.42 Å². The van der Waals surface area contributed by atoms with E-state index in [1.165, 1.54) is 31.4 Å². The third kappa shape index (κ3) is 6.37. The average molecular weight is 346 g/mol. The molecule has 2 aliphatic heterocycles. The van der Waals surface area contributed by atoms with Crippen molar-refractivity contribution in [1.82, 2.24) is 15.1 Å². The maximum atomic E-state index is 10.3. The number of aliphatic hydroxyl groups excluding tert-OH is 1. The largest absolute Gasteiger partial charge is 0.390 e. The van der Waals surface area contributed by atoms with E-state index in [4.69, 9.17) is 0 Å². The second-order valence-electron chi connectivity index (χ2n) is 8.07. The molecule has 0 bridgehead atoms. The Morgan fingerprint density at radius 1 is 1.08 bits per heavy atom. The molecule has 2 saturated heterocycles. The molecule has 2 heterocycles. The molecule has 2 N–H and O–H groups in total. The summed E-state index contributed by atoms with van der Waals surface area (Å²) in [5.41, 5.74) is 1.42. The quantitative estimate of drug-likeness (QED) is 0.756. The average Bonchev–Trinajstić information content (AvgIpc) is 3.09. The summed E-state index contributed by atoms with van der Waals surface area (Å²) in [5.74, 6) is 0.854. The smallest absolute Gasteiger partial charge is 0.0791 e. The number of likely N-dealkylation sites (tertiary alicyclic amines) is 2. The molecule has 0 aromatic heterocycles. The molecule has 0 saturated carbocycles. The molecule has 2 aliphatic rings. The van der Waals surface area contributed by atoms with Crippen molar-refractivity contribution in [2.24, 2.45) is 5.92 Å². The van der Waals surface area contributed by atoms with Crippen LogP contribution in [0.4, 0.5) is 0 Å². The molecule has 3 rings (SSSR count).